The fourth-order valence-electron chi connectivity index (χ4n) is 1.80. The van der Waals surface area contributed by atoms with Gasteiger partial charge in [0.15, 0.2) is 5.75 Å². The molecule has 2 rings (SSSR count). The molecule has 1 aromatic heterocycles. The summed E-state index contributed by atoms with van der Waals surface area (Å²) in [5.74, 6) is 0.146. The van der Waals surface area contributed by atoms with Crippen molar-refractivity contribution >= 4 is 39.1 Å². The summed E-state index contributed by atoms with van der Waals surface area (Å²) >= 11 is 9.32. The molecule has 0 saturated carbocycles. The number of hydrogen-bond donors (Lipinski definition) is 2. The van der Waals surface area contributed by atoms with Gasteiger partial charge in [0.2, 0.25) is 0 Å². The Bertz CT molecular complexity index is 660. The van der Waals surface area contributed by atoms with Crippen LogP contribution in [0.5, 0.6) is 5.75 Å². The van der Waals surface area contributed by atoms with Crippen LogP contribution in [0.25, 0.3) is 0 Å². The van der Waals surface area contributed by atoms with Crippen molar-refractivity contribution in [2.45, 2.75) is 6.54 Å². The summed E-state index contributed by atoms with van der Waals surface area (Å²) in [7, 11) is 1.51. The number of aromatic nitrogens is 2. The third kappa shape index (κ3) is 3.75. The van der Waals surface area contributed by atoms with Crippen LogP contribution in [0.15, 0.2) is 29.1 Å². The molecule has 0 aliphatic heterocycles. The van der Waals surface area contributed by atoms with Crippen LogP contribution in [-0.2, 0) is 6.54 Å². The molecule has 1 heterocycles. The minimum absolute atomic E-state index is 0.293. The van der Waals surface area contributed by atoms with Crippen molar-refractivity contribution in [1.29, 1.82) is 0 Å². The molecule has 0 spiro atoms. The number of methoxy groups -OCH3 is 1. The second-order valence-corrected chi connectivity index (χ2v) is 5.50. The van der Waals surface area contributed by atoms with E-state index in [0.717, 1.165) is 0 Å². The van der Waals surface area contributed by atoms with Crippen LogP contribution in [0.1, 0.15) is 10.5 Å². The lowest BCUT2D eigenvalue weighted by Gasteiger charge is -2.11. The third-order valence-electron chi connectivity index (χ3n) is 2.71. The maximum Gasteiger partial charge on any atom is 0.275 e. The van der Waals surface area contributed by atoms with Gasteiger partial charge in [0.05, 0.1) is 23.6 Å². The average Bonchev–Trinajstić information content (AvgIpc) is 2.87. The van der Waals surface area contributed by atoms with Gasteiger partial charge in [-0.2, -0.15) is 0 Å². The predicted molar refractivity (Wildman–Crippen MR) is 84.9 cm³/mol. The van der Waals surface area contributed by atoms with Crippen LogP contribution in [0, 0.1) is 0 Å². The number of carbonyl (C=O) groups is 1. The summed E-state index contributed by atoms with van der Waals surface area (Å²) in [6.07, 6.45) is 3.20. The van der Waals surface area contributed by atoms with E-state index in [2.05, 4.69) is 26.2 Å². The lowest BCUT2D eigenvalue weighted by molar-refractivity contribution is 0.102. The molecule has 2 aromatic rings. The first-order valence-corrected chi connectivity index (χ1v) is 7.28. The van der Waals surface area contributed by atoms with Crippen LogP contribution in [0.2, 0.25) is 5.02 Å². The van der Waals surface area contributed by atoms with Crippen LogP contribution < -0.4 is 15.8 Å². The van der Waals surface area contributed by atoms with Gasteiger partial charge in [-0.15, -0.1) is 0 Å². The highest BCUT2D eigenvalue weighted by atomic mass is 79.9. The Hall–Kier alpha value is -1.57. The van der Waals surface area contributed by atoms with Crippen molar-refractivity contribution in [2.24, 2.45) is 5.73 Å². The SMILES string of the molecule is COc1c(Br)cc(Cl)cc1NC(=O)c1cn(CCN)cn1. The van der Waals surface area contributed by atoms with Crippen LogP contribution in [0.4, 0.5) is 5.69 Å². The molecule has 0 atom stereocenters. The number of benzene rings is 1. The van der Waals surface area contributed by atoms with E-state index in [9.17, 15) is 4.79 Å². The van der Waals surface area contributed by atoms with Crippen molar-refractivity contribution in [1.82, 2.24) is 9.55 Å². The zero-order chi connectivity index (χ0) is 15.4. The summed E-state index contributed by atoms with van der Waals surface area (Å²) in [4.78, 5) is 16.2. The second kappa shape index (κ2) is 6.93. The maximum absolute atomic E-state index is 12.2. The fraction of sp³-hybridized carbons (Fsp3) is 0.231. The van der Waals surface area contributed by atoms with E-state index < -0.39 is 0 Å². The van der Waals surface area contributed by atoms with Gasteiger partial charge in [0.25, 0.3) is 5.91 Å². The molecule has 3 N–H and O–H groups in total. The monoisotopic (exact) mass is 372 g/mol. The molecule has 0 aliphatic rings. The topological polar surface area (TPSA) is 82.2 Å². The van der Waals surface area contributed by atoms with Gasteiger partial charge in [-0.25, -0.2) is 4.98 Å². The van der Waals surface area contributed by atoms with Crippen molar-refractivity contribution in [3.05, 3.63) is 39.8 Å². The van der Waals surface area contributed by atoms with E-state index in [4.69, 9.17) is 22.1 Å². The first kappa shape index (κ1) is 15.8. The van der Waals surface area contributed by atoms with E-state index >= 15 is 0 Å². The highest BCUT2D eigenvalue weighted by Gasteiger charge is 2.15. The van der Waals surface area contributed by atoms with E-state index in [1.165, 1.54) is 7.11 Å². The molecule has 8 heteroatoms. The highest BCUT2D eigenvalue weighted by Crippen LogP contribution is 2.36. The Morgan fingerprint density at radius 1 is 1.57 bits per heavy atom. The van der Waals surface area contributed by atoms with Crippen LogP contribution >= 0.6 is 27.5 Å². The van der Waals surface area contributed by atoms with Gasteiger partial charge in [0, 0.05) is 24.3 Å². The third-order valence-corrected chi connectivity index (χ3v) is 3.52. The zero-order valence-corrected chi connectivity index (χ0v) is 13.6. The predicted octanol–water partition coefficient (Wildman–Crippen LogP) is 2.52. The first-order valence-electron chi connectivity index (χ1n) is 6.11. The smallest absolute Gasteiger partial charge is 0.275 e. The number of imidazole rings is 1. The van der Waals surface area contributed by atoms with Crippen LogP contribution in [-0.4, -0.2) is 29.1 Å². The number of rotatable bonds is 5. The number of hydrogen-bond acceptors (Lipinski definition) is 4. The van der Waals surface area contributed by atoms with Crippen molar-refractivity contribution < 1.29 is 9.53 Å². The zero-order valence-electron chi connectivity index (χ0n) is 11.3. The Balaban J connectivity index is 2.22. The van der Waals surface area contributed by atoms with E-state index in [-0.39, 0.29) is 5.91 Å². The molecule has 6 nitrogen and oxygen atoms in total. The lowest BCUT2D eigenvalue weighted by Crippen LogP contribution is -2.13. The van der Waals surface area contributed by atoms with Gasteiger partial charge in [0.1, 0.15) is 5.69 Å². The van der Waals surface area contributed by atoms with Gasteiger partial charge >= 0.3 is 0 Å². The second-order valence-electron chi connectivity index (χ2n) is 4.21. The van der Waals surface area contributed by atoms with Gasteiger partial charge in [-0.3, -0.25) is 4.79 Å². The lowest BCUT2D eigenvalue weighted by atomic mass is 10.3. The molecule has 0 bridgehead atoms. The molecule has 0 saturated heterocycles. The largest absolute Gasteiger partial charge is 0.493 e. The number of nitrogens with two attached hydrogens (primary N) is 1. The molecule has 0 aliphatic carbocycles. The highest BCUT2D eigenvalue weighted by molar-refractivity contribution is 9.10. The number of carbonyl (C=O) groups excluding carboxylic acids is 1. The number of halogens is 2. The van der Waals surface area contributed by atoms with Crippen molar-refractivity contribution in [2.75, 3.05) is 19.0 Å². The van der Waals surface area contributed by atoms with Crippen molar-refractivity contribution in [3.8, 4) is 5.75 Å². The molecule has 0 fully saturated rings. The molecular formula is C13H14BrClN4O2. The minimum Gasteiger partial charge on any atom is -0.493 e. The average molecular weight is 374 g/mol. The van der Waals surface area contributed by atoms with E-state index in [1.54, 1.807) is 29.2 Å². The molecule has 0 unspecified atom stereocenters. The normalized spacial score (nSPS) is 10.5. The molecular weight excluding hydrogens is 360 g/mol. The van der Waals surface area contributed by atoms with Gasteiger partial charge in [-0.05, 0) is 28.1 Å². The summed E-state index contributed by atoms with van der Waals surface area (Å²) < 4.78 is 7.65. The van der Waals surface area contributed by atoms with E-state index in [1.807, 2.05) is 0 Å². The quantitative estimate of drug-likeness (QED) is 0.844. The Labute approximate surface area is 135 Å². The number of nitrogens with zero attached hydrogens (tertiary/aromatic N) is 2. The molecule has 112 valence electrons. The summed E-state index contributed by atoms with van der Waals surface area (Å²) in [6, 6.07) is 3.30. The van der Waals surface area contributed by atoms with Crippen LogP contribution in [0.3, 0.4) is 0 Å². The molecule has 1 amide bonds. The van der Waals surface area contributed by atoms with E-state index in [0.29, 0.717) is 39.7 Å². The Kier molecular flexibility index (Phi) is 5.22. The van der Waals surface area contributed by atoms with Crippen molar-refractivity contribution in [3.63, 3.8) is 0 Å². The number of ether oxygens (including phenoxy) is 1. The Morgan fingerprint density at radius 3 is 3.00 bits per heavy atom. The van der Waals surface area contributed by atoms with Gasteiger partial charge in [-0.1, -0.05) is 11.6 Å². The molecule has 21 heavy (non-hydrogen) atoms. The summed E-state index contributed by atoms with van der Waals surface area (Å²) in [6.45, 7) is 1.08. The number of anilines is 1. The minimum atomic E-state index is -0.349. The first-order chi connectivity index (χ1) is 10.0. The maximum atomic E-state index is 12.2. The summed E-state index contributed by atoms with van der Waals surface area (Å²) in [5, 5.41) is 3.21. The standard InChI is InChI=1S/C13H14BrClN4O2/c1-21-12-9(14)4-8(15)5-10(12)18-13(20)11-6-19(3-2-16)7-17-11/h4-7H,2-3,16H2,1H3,(H,18,20). The number of nitrogens with one attached hydrogen (secondary N) is 1. The molecule has 0 radical (unpaired) electrons. The molecule has 1 aromatic carbocycles. The summed E-state index contributed by atoms with van der Waals surface area (Å²) in [5.41, 5.74) is 6.22. The Morgan fingerprint density at radius 2 is 2.33 bits per heavy atom. The fourth-order valence-corrected chi connectivity index (χ4v) is 2.77. The number of amides is 1. The van der Waals surface area contributed by atoms with Gasteiger partial charge < -0.3 is 20.4 Å².